The van der Waals surface area contributed by atoms with Crippen LogP contribution in [-0.4, -0.2) is 45.8 Å². The molecule has 0 aromatic rings. The predicted octanol–water partition coefficient (Wildman–Crippen LogP) is 0.651. The molecule has 0 bridgehead atoms. The van der Waals surface area contributed by atoms with Gasteiger partial charge in [0.15, 0.2) is 0 Å². The van der Waals surface area contributed by atoms with Crippen LogP contribution in [-0.2, 0) is 14.2 Å². The van der Waals surface area contributed by atoms with Crippen molar-refractivity contribution in [2.24, 2.45) is 10.8 Å². The molecule has 0 spiro atoms. The van der Waals surface area contributed by atoms with Crippen LogP contribution in [0.5, 0.6) is 0 Å². The largest absolute Gasteiger partial charge is 0.379 e. The van der Waals surface area contributed by atoms with Crippen molar-refractivity contribution < 1.29 is 14.2 Å². The summed E-state index contributed by atoms with van der Waals surface area (Å²) >= 11 is 0. The first-order valence-corrected chi connectivity index (χ1v) is 4.81. The standard InChI is InChI=1S/C8H18N4O3/c1-8(9)15-7-6-14-5-4-13-3-2-11-12-10/h8H,2-7,9H2,1H3. The highest BCUT2D eigenvalue weighted by Crippen LogP contribution is 1.83. The molecule has 0 aromatic carbocycles. The molecule has 0 aliphatic carbocycles. The Morgan fingerprint density at radius 2 is 1.80 bits per heavy atom. The molecule has 7 nitrogen and oxygen atoms in total. The van der Waals surface area contributed by atoms with Crippen LogP contribution in [0.3, 0.4) is 0 Å². The molecule has 1 unspecified atom stereocenters. The Hall–Kier alpha value is -0.850. The molecule has 15 heavy (non-hydrogen) atoms. The molecule has 0 rings (SSSR count). The first kappa shape index (κ1) is 14.2. The van der Waals surface area contributed by atoms with Gasteiger partial charge in [0.2, 0.25) is 0 Å². The minimum absolute atomic E-state index is 0.256. The summed E-state index contributed by atoms with van der Waals surface area (Å²) in [6.07, 6.45) is -0.256. The molecule has 0 radical (unpaired) electrons. The van der Waals surface area contributed by atoms with E-state index in [2.05, 4.69) is 10.0 Å². The van der Waals surface area contributed by atoms with Gasteiger partial charge in [0, 0.05) is 11.5 Å². The fraction of sp³-hybridized carbons (Fsp3) is 1.00. The van der Waals surface area contributed by atoms with E-state index in [9.17, 15) is 0 Å². The van der Waals surface area contributed by atoms with E-state index in [4.69, 9.17) is 25.5 Å². The van der Waals surface area contributed by atoms with E-state index >= 15 is 0 Å². The molecule has 2 N–H and O–H groups in total. The van der Waals surface area contributed by atoms with Gasteiger partial charge in [0.25, 0.3) is 0 Å². The number of rotatable bonds is 10. The number of nitrogens with zero attached hydrogens (tertiary/aromatic N) is 3. The second-order valence-corrected chi connectivity index (χ2v) is 2.76. The lowest BCUT2D eigenvalue weighted by Gasteiger charge is -2.08. The molecule has 1 atom stereocenters. The smallest absolute Gasteiger partial charge is 0.102 e. The maximum absolute atomic E-state index is 7.96. The van der Waals surface area contributed by atoms with Gasteiger partial charge < -0.3 is 19.9 Å². The summed E-state index contributed by atoms with van der Waals surface area (Å²) in [6.45, 7) is 4.50. The number of ether oxygens (including phenoxy) is 3. The molecule has 0 saturated heterocycles. The van der Waals surface area contributed by atoms with Crippen molar-refractivity contribution in [1.29, 1.82) is 0 Å². The summed E-state index contributed by atoms with van der Waals surface area (Å²) in [6, 6.07) is 0. The zero-order chi connectivity index (χ0) is 11.4. The van der Waals surface area contributed by atoms with Crippen molar-refractivity contribution in [3.05, 3.63) is 10.4 Å². The van der Waals surface area contributed by atoms with Crippen LogP contribution < -0.4 is 5.73 Å². The van der Waals surface area contributed by atoms with E-state index in [-0.39, 0.29) is 6.23 Å². The highest BCUT2D eigenvalue weighted by Gasteiger charge is 1.93. The third-order valence-electron chi connectivity index (χ3n) is 1.38. The SMILES string of the molecule is CC(N)OCCOCCOCCN=[N+]=[N-]. The molecule has 0 amide bonds. The van der Waals surface area contributed by atoms with E-state index in [0.29, 0.717) is 39.6 Å². The molecular weight excluding hydrogens is 200 g/mol. The van der Waals surface area contributed by atoms with Gasteiger partial charge in [-0.2, -0.15) is 0 Å². The van der Waals surface area contributed by atoms with Crippen LogP contribution in [0.4, 0.5) is 0 Å². The van der Waals surface area contributed by atoms with Crippen LogP contribution >= 0.6 is 0 Å². The third kappa shape index (κ3) is 13.2. The van der Waals surface area contributed by atoms with E-state index in [0.717, 1.165) is 0 Å². The minimum atomic E-state index is -0.256. The topological polar surface area (TPSA) is 102 Å². The summed E-state index contributed by atoms with van der Waals surface area (Å²) in [5, 5.41) is 3.32. The average Bonchev–Trinajstić information content (AvgIpc) is 2.20. The molecule has 88 valence electrons. The van der Waals surface area contributed by atoms with Gasteiger partial charge in [-0.3, -0.25) is 0 Å². The highest BCUT2D eigenvalue weighted by atomic mass is 16.5. The van der Waals surface area contributed by atoms with Crippen molar-refractivity contribution in [2.45, 2.75) is 13.2 Å². The first-order chi connectivity index (χ1) is 7.27. The number of azide groups is 1. The van der Waals surface area contributed by atoms with Gasteiger partial charge in [0.05, 0.1) is 33.0 Å². The van der Waals surface area contributed by atoms with Crippen LogP contribution in [0.2, 0.25) is 0 Å². The summed E-state index contributed by atoms with van der Waals surface area (Å²) < 4.78 is 15.3. The van der Waals surface area contributed by atoms with Crippen LogP contribution in [0.25, 0.3) is 10.4 Å². The van der Waals surface area contributed by atoms with Crippen molar-refractivity contribution in [3.8, 4) is 0 Å². The molecule has 0 aromatic heterocycles. The van der Waals surface area contributed by atoms with Crippen LogP contribution in [0.1, 0.15) is 6.92 Å². The molecule has 0 heterocycles. The molecule has 0 aliphatic rings. The summed E-state index contributed by atoms with van der Waals surface area (Å²) in [4.78, 5) is 2.60. The molecular formula is C8H18N4O3. The molecule has 0 fully saturated rings. The maximum Gasteiger partial charge on any atom is 0.102 e. The van der Waals surface area contributed by atoms with Gasteiger partial charge in [-0.15, -0.1) is 0 Å². The Kier molecular flexibility index (Phi) is 10.6. The van der Waals surface area contributed by atoms with E-state index in [1.54, 1.807) is 6.92 Å². The number of hydrogen-bond acceptors (Lipinski definition) is 5. The molecule has 0 aliphatic heterocycles. The predicted molar refractivity (Wildman–Crippen MR) is 55.3 cm³/mol. The van der Waals surface area contributed by atoms with Gasteiger partial charge in [-0.25, -0.2) is 0 Å². The second-order valence-electron chi connectivity index (χ2n) is 2.76. The maximum atomic E-state index is 7.96. The summed E-state index contributed by atoms with van der Waals surface area (Å²) in [5.41, 5.74) is 13.3. The van der Waals surface area contributed by atoms with Crippen molar-refractivity contribution in [1.82, 2.24) is 0 Å². The average molecular weight is 218 g/mol. The lowest BCUT2D eigenvalue weighted by molar-refractivity contribution is -0.00351. The van der Waals surface area contributed by atoms with E-state index in [1.807, 2.05) is 0 Å². The van der Waals surface area contributed by atoms with Crippen LogP contribution in [0, 0.1) is 0 Å². The Balaban J connectivity index is 2.95. The summed E-state index contributed by atoms with van der Waals surface area (Å²) in [7, 11) is 0. The second kappa shape index (κ2) is 11.2. The Morgan fingerprint density at radius 1 is 1.20 bits per heavy atom. The Morgan fingerprint density at radius 3 is 2.40 bits per heavy atom. The lowest BCUT2D eigenvalue weighted by Crippen LogP contribution is -2.21. The normalized spacial score (nSPS) is 12.1. The van der Waals surface area contributed by atoms with Gasteiger partial charge in [0.1, 0.15) is 6.23 Å². The van der Waals surface area contributed by atoms with Crippen molar-refractivity contribution >= 4 is 0 Å². The molecule has 7 heteroatoms. The van der Waals surface area contributed by atoms with Gasteiger partial charge >= 0.3 is 0 Å². The Labute approximate surface area is 89.1 Å². The number of hydrogen-bond donors (Lipinski definition) is 1. The summed E-state index contributed by atoms with van der Waals surface area (Å²) in [5.74, 6) is 0. The zero-order valence-corrected chi connectivity index (χ0v) is 8.96. The quantitative estimate of drug-likeness (QED) is 0.191. The zero-order valence-electron chi connectivity index (χ0n) is 8.96. The third-order valence-corrected chi connectivity index (χ3v) is 1.38. The first-order valence-electron chi connectivity index (χ1n) is 4.81. The van der Waals surface area contributed by atoms with E-state index in [1.165, 1.54) is 0 Å². The minimum Gasteiger partial charge on any atom is -0.379 e. The van der Waals surface area contributed by atoms with Gasteiger partial charge in [-0.05, 0) is 12.5 Å². The van der Waals surface area contributed by atoms with Gasteiger partial charge in [-0.1, -0.05) is 5.11 Å². The van der Waals surface area contributed by atoms with Crippen molar-refractivity contribution in [2.75, 3.05) is 39.6 Å². The Bertz CT molecular complexity index is 183. The highest BCUT2D eigenvalue weighted by molar-refractivity contribution is 4.44. The van der Waals surface area contributed by atoms with Crippen LogP contribution in [0.15, 0.2) is 5.11 Å². The lowest BCUT2D eigenvalue weighted by atomic mass is 10.6. The number of nitrogens with two attached hydrogens (primary N) is 1. The molecule has 0 saturated carbocycles. The monoisotopic (exact) mass is 218 g/mol. The fourth-order valence-corrected chi connectivity index (χ4v) is 0.765. The van der Waals surface area contributed by atoms with Crippen molar-refractivity contribution in [3.63, 3.8) is 0 Å². The fourth-order valence-electron chi connectivity index (χ4n) is 0.765. The van der Waals surface area contributed by atoms with E-state index < -0.39 is 0 Å².